The molecule has 0 aromatic heterocycles. The molecule has 2 atom stereocenters. The maximum Gasteiger partial charge on any atom is 0.445 e. The van der Waals surface area contributed by atoms with E-state index < -0.39 is 27.3 Å². The van der Waals surface area contributed by atoms with Crippen molar-refractivity contribution in [3.8, 4) is 5.75 Å². The Morgan fingerprint density at radius 3 is 2.30 bits per heavy atom. The molecule has 0 N–H and O–H groups in total. The van der Waals surface area contributed by atoms with E-state index in [2.05, 4.69) is 0 Å². The van der Waals surface area contributed by atoms with E-state index in [1.807, 2.05) is 0 Å². The average molecular weight is 510 g/mol. The van der Waals surface area contributed by atoms with Crippen LogP contribution in [0.4, 0.5) is 5.69 Å². The van der Waals surface area contributed by atoms with Gasteiger partial charge in [-0.2, -0.15) is 0 Å². The molecule has 0 aliphatic carbocycles. The quantitative estimate of drug-likeness (QED) is 0.183. The number of hydrogen-bond donors (Lipinski definition) is 0. The highest BCUT2D eigenvalue weighted by Crippen LogP contribution is 2.71. The maximum atomic E-state index is 13.2. The molecule has 13 heteroatoms. The number of fused-ring (bicyclic) bond motifs is 1. The van der Waals surface area contributed by atoms with Crippen molar-refractivity contribution in [2.24, 2.45) is 0 Å². The Hall–Kier alpha value is -0.370. The summed E-state index contributed by atoms with van der Waals surface area (Å²) in [7, 11) is 0. The summed E-state index contributed by atoms with van der Waals surface area (Å²) < 4.78 is 22.0. The fourth-order valence-electron chi connectivity index (χ4n) is 2.25. The Balaban J connectivity index is 2.11. The molecule has 1 aliphatic rings. The predicted molar refractivity (Wildman–Crippen MR) is 108 cm³/mol. The molecule has 144 valence electrons. The first-order valence-electron chi connectivity index (χ1n) is 6.96. The summed E-state index contributed by atoms with van der Waals surface area (Å²) in [6.45, 7) is -4.04. The van der Waals surface area contributed by atoms with Gasteiger partial charge in [0.2, 0.25) is 9.54 Å². The standard InChI is InChI=1S/C14H7Cl5NO5PS/c15-7-1-3-9(4-2-7)27-26(23)24-12-10(13(25-26)14(17,18)19)5-8(16)6-11(12)20(21)22/h1-6,13H. The van der Waals surface area contributed by atoms with E-state index in [-0.39, 0.29) is 16.3 Å². The van der Waals surface area contributed by atoms with Gasteiger partial charge in [0.1, 0.15) is 6.10 Å². The summed E-state index contributed by atoms with van der Waals surface area (Å²) in [6, 6.07) is 8.65. The van der Waals surface area contributed by atoms with Crippen LogP contribution in [-0.4, -0.2) is 8.72 Å². The van der Waals surface area contributed by atoms with E-state index >= 15 is 0 Å². The molecule has 2 aromatic carbocycles. The summed E-state index contributed by atoms with van der Waals surface area (Å²) in [6.07, 6.45) is -1.41. The van der Waals surface area contributed by atoms with Crippen LogP contribution in [-0.2, 0) is 9.09 Å². The fraction of sp³-hybridized carbons (Fsp3) is 0.143. The van der Waals surface area contributed by atoms with Crippen molar-refractivity contribution in [1.29, 1.82) is 0 Å². The monoisotopic (exact) mass is 507 g/mol. The van der Waals surface area contributed by atoms with Crippen LogP contribution in [0.25, 0.3) is 0 Å². The van der Waals surface area contributed by atoms with Gasteiger partial charge in [-0.25, -0.2) is 4.57 Å². The summed E-state index contributed by atoms with van der Waals surface area (Å²) in [5, 5.41) is 11.9. The number of nitrogens with zero attached hydrogens (tertiary/aromatic N) is 1. The number of rotatable bonds is 3. The molecule has 27 heavy (non-hydrogen) atoms. The smallest absolute Gasteiger partial charge is 0.409 e. The van der Waals surface area contributed by atoms with Crippen molar-refractivity contribution in [2.45, 2.75) is 14.8 Å². The Bertz CT molecular complexity index is 952. The Morgan fingerprint density at radius 1 is 1.11 bits per heavy atom. The zero-order chi connectivity index (χ0) is 20.0. The second-order valence-corrected chi connectivity index (χ2v) is 12.3. The third kappa shape index (κ3) is 4.80. The lowest BCUT2D eigenvalue weighted by atomic mass is 10.1. The highest BCUT2D eigenvalue weighted by molar-refractivity contribution is 8.55. The van der Waals surface area contributed by atoms with Crippen LogP contribution < -0.4 is 4.52 Å². The SMILES string of the molecule is O=[N+]([O-])c1cc(Cl)cc2c1OP(=O)(Sc1ccc(Cl)cc1)OC2C(Cl)(Cl)Cl. The number of nitro benzene ring substituents is 1. The summed E-state index contributed by atoms with van der Waals surface area (Å²) in [5.74, 6) is -0.322. The lowest BCUT2D eigenvalue weighted by Crippen LogP contribution is -2.24. The number of nitro groups is 1. The molecule has 0 radical (unpaired) electrons. The minimum atomic E-state index is -4.04. The lowest BCUT2D eigenvalue weighted by molar-refractivity contribution is -0.385. The molecule has 2 aromatic rings. The minimum Gasteiger partial charge on any atom is -0.409 e. The Morgan fingerprint density at radius 2 is 1.74 bits per heavy atom. The largest absolute Gasteiger partial charge is 0.445 e. The van der Waals surface area contributed by atoms with Gasteiger partial charge in [0, 0.05) is 38.0 Å². The first-order valence-corrected chi connectivity index (χ1v) is 11.8. The van der Waals surface area contributed by atoms with Crippen LogP contribution in [0.2, 0.25) is 10.0 Å². The van der Waals surface area contributed by atoms with Gasteiger partial charge in [-0.15, -0.1) is 0 Å². The number of alkyl halides is 3. The van der Waals surface area contributed by atoms with Crippen LogP contribution in [0.3, 0.4) is 0 Å². The molecule has 0 fully saturated rings. The molecule has 6 nitrogen and oxygen atoms in total. The van der Waals surface area contributed by atoms with Crippen LogP contribution >= 0.6 is 76.2 Å². The molecule has 2 unspecified atom stereocenters. The van der Waals surface area contributed by atoms with Crippen molar-refractivity contribution < 1.29 is 18.5 Å². The van der Waals surface area contributed by atoms with Gasteiger partial charge in [-0.3, -0.25) is 14.6 Å². The normalized spacial score (nSPS) is 22.0. The molecule has 0 saturated heterocycles. The average Bonchev–Trinajstić information content (AvgIpc) is 2.55. The first kappa shape index (κ1) is 21.3. The summed E-state index contributed by atoms with van der Waals surface area (Å²) in [5.41, 5.74) is -0.505. The summed E-state index contributed by atoms with van der Waals surface area (Å²) in [4.78, 5) is 11.1. The van der Waals surface area contributed by atoms with Gasteiger partial charge < -0.3 is 4.52 Å². The van der Waals surface area contributed by atoms with Gasteiger partial charge >= 0.3 is 12.5 Å². The van der Waals surface area contributed by atoms with E-state index in [1.165, 1.54) is 6.07 Å². The molecular weight excluding hydrogens is 502 g/mol. The van der Waals surface area contributed by atoms with E-state index in [1.54, 1.807) is 24.3 Å². The Labute approximate surface area is 182 Å². The van der Waals surface area contributed by atoms with Crippen molar-refractivity contribution in [3.05, 3.63) is 62.1 Å². The van der Waals surface area contributed by atoms with E-state index in [4.69, 9.17) is 67.1 Å². The Kier molecular flexibility index (Phi) is 6.17. The van der Waals surface area contributed by atoms with Crippen LogP contribution in [0.15, 0.2) is 41.3 Å². The zero-order valence-electron chi connectivity index (χ0n) is 12.8. The van der Waals surface area contributed by atoms with Crippen LogP contribution in [0, 0.1) is 10.1 Å². The van der Waals surface area contributed by atoms with Crippen molar-refractivity contribution in [1.82, 2.24) is 0 Å². The van der Waals surface area contributed by atoms with Gasteiger partial charge in [-0.05, 0) is 30.3 Å². The second kappa shape index (κ2) is 7.81. The minimum absolute atomic E-state index is 0.00832. The third-order valence-electron chi connectivity index (χ3n) is 3.31. The topological polar surface area (TPSA) is 78.7 Å². The fourth-order valence-corrected chi connectivity index (χ4v) is 6.72. The van der Waals surface area contributed by atoms with Crippen molar-refractivity contribution >= 4 is 81.9 Å². The highest BCUT2D eigenvalue weighted by Gasteiger charge is 2.50. The second-order valence-electron chi connectivity index (χ2n) is 5.21. The van der Waals surface area contributed by atoms with Gasteiger partial charge in [0.15, 0.2) is 0 Å². The van der Waals surface area contributed by atoms with Crippen LogP contribution in [0.1, 0.15) is 11.7 Å². The zero-order valence-corrected chi connectivity index (χ0v) is 18.3. The number of hydrogen-bond acceptors (Lipinski definition) is 6. The number of benzene rings is 2. The van der Waals surface area contributed by atoms with Crippen LogP contribution in [0.5, 0.6) is 5.75 Å². The number of halogens is 5. The molecular formula is C14H7Cl5NO5PS. The molecule has 0 bridgehead atoms. The van der Waals surface area contributed by atoms with E-state index in [0.717, 1.165) is 6.07 Å². The molecule has 3 rings (SSSR count). The highest BCUT2D eigenvalue weighted by atomic mass is 35.6. The van der Waals surface area contributed by atoms with Gasteiger partial charge in [0.05, 0.1) is 4.92 Å². The molecule has 1 aliphatic heterocycles. The molecule has 1 heterocycles. The first-order chi connectivity index (χ1) is 12.5. The predicted octanol–water partition coefficient (Wildman–Crippen LogP) is 7.62. The van der Waals surface area contributed by atoms with Gasteiger partial charge in [0.25, 0.3) is 0 Å². The molecule has 0 saturated carbocycles. The van der Waals surface area contributed by atoms with E-state index in [0.29, 0.717) is 21.3 Å². The maximum absolute atomic E-state index is 13.2. The van der Waals surface area contributed by atoms with Gasteiger partial charge in [-0.1, -0.05) is 58.0 Å². The molecule has 0 spiro atoms. The van der Waals surface area contributed by atoms with E-state index in [9.17, 15) is 14.7 Å². The molecule has 0 amide bonds. The third-order valence-corrected chi connectivity index (χ3v) is 7.74. The van der Waals surface area contributed by atoms with Crippen molar-refractivity contribution in [3.63, 3.8) is 0 Å². The van der Waals surface area contributed by atoms with Crippen molar-refractivity contribution in [2.75, 3.05) is 0 Å². The lowest BCUT2D eigenvalue weighted by Gasteiger charge is -2.34. The summed E-state index contributed by atoms with van der Waals surface area (Å²) >= 11 is 30.4.